The number of hydrogen-bond donors (Lipinski definition) is 1. The molecule has 1 unspecified atom stereocenters. The number of nitrogens with zero attached hydrogens (tertiary/aromatic N) is 2. The minimum absolute atomic E-state index is 0.0685. The van der Waals surface area contributed by atoms with E-state index in [0.717, 1.165) is 13.0 Å². The van der Waals surface area contributed by atoms with Gasteiger partial charge in [0, 0.05) is 18.8 Å². The van der Waals surface area contributed by atoms with E-state index >= 15 is 0 Å². The van der Waals surface area contributed by atoms with Crippen LogP contribution in [-0.2, 0) is 4.74 Å². The predicted octanol–water partition coefficient (Wildman–Crippen LogP) is 0.226. The molecule has 0 aromatic carbocycles. The molecule has 5 heteroatoms. The zero-order chi connectivity index (χ0) is 9.10. The van der Waals surface area contributed by atoms with E-state index in [2.05, 4.69) is 9.97 Å². The van der Waals surface area contributed by atoms with Crippen LogP contribution in [0.2, 0.25) is 0 Å². The van der Waals surface area contributed by atoms with Crippen LogP contribution in [0.3, 0.4) is 0 Å². The molecule has 0 spiro atoms. The molecule has 1 atom stereocenters. The highest BCUT2D eigenvalue weighted by Gasteiger charge is 2.18. The van der Waals surface area contributed by atoms with E-state index in [4.69, 9.17) is 15.2 Å². The Bertz CT molecular complexity index is 286. The third-order valence-corrected chi connectivity index (χ3v) is 1.86. The molecule has 0 aliphatic carbocycles. The van der Waals surface area contributed by atoms with Crippen LogP contribution in [0.15, 0.2) is 12.4 Å². The van der Waals surface area contributed by atoms with Crippen molar-refractivity contribution < 1.29 is 9.47 Å². The first-order valence-corrected chi connectivity index (χ1v) is 4.17. The molecule has 1 aliphatic heterocycles. The monoisotopic (exact) mass is 181 g/mol. The predicted molar refractivity (Wildman–Crippen MR) is 46.3 cm³/mol. The largest absolute Gasteiger partial charge is 0.469 e. The third kappa shape index (κ3) is 1.86. The molecule has 1 fully saturated rings. The van der Waals surface area contributed by atoms with Gasteiger partial charge in [-0.15, -0.1) is 0 Å². The highest BCUT2D eigenvalue weighted by molar-refractivity contribution is 5.38. The fraction of sp³-hybridized carbons (Fsp3) is 0.500. The summed E-state index contributed by atoms with van der Waals surface area (Å²) in [6.45, 7) is 1.35. The summed E-state index contributed by atoms with van der Waals surface area (Å²) in [5, 5.41) is 0. The Labute approximate surface area is 75.9 Å². The summed E-state index contributed by atoms with van der Waals surface area (Å²) < 4.78 is 10.6. The molecule has 0 bridgehead atoms. The van der Waals surface area contributed by atoms with Crippen LogP contribution in [0.25, 0.3) is 0 Å². The SMILES string of the molecule is Nc1nccnc1OC1CCOC1. The zero-order valence-corrected chi connectivity index (χ0v) is 7.14. The van der Waals surface area contributed by atoms with Gasteiger partial charge in [0.15, 0.2) is 5.82 Å². The second kappa shape index (κ2) is 3.57. The van der Waals surface area contributed by atoms with Crippen molar-refractivity contribution in [2.75, 3.05) is 18.9 Å². The Morgan fingerprint density at radius 2 is 2.31 bits per heavy atom. The van der Waals surface area contributed by atoms with Gasteiger partial charge in [-0.25, -0.2) is 9.97 Å². The fourth-order valence-electron chi connectivity index (χ4n) is 1.19. The average Bonchev–Trinajstić information content (AvgIpc) is 2.61. The number of aromatic nitrogens is 2. The van der Waals surface area contributed by atoms with Crippen LogP contribution < -0.4 is 10.5 Å². The maximum Gasteiger partial charge on any atom is 0.257 e. The summed E-state index contributed by atoms with van der Waals surface area (Å²) in [6.07, 6.45) is 4.05. The van der Waals surface area contributed by atoms with Gasteiger partial charge in [0.2, 0.25) is 0 Å². The highest BCUT2D eigenvalue weighted by Crippen LogP contribution is 2.18. The molecule has 0 amide bonds. The van der Waals surface area contributed by atoms with Gasteiger partial charge < -0.3 is 15.2 Å². The summed E-state index contributed by atoms with van der Waals surface area (Å²) >= 11 is 0. The van der Waals surface area contributed by atoms with Crippen molar-refractivity contribution in [3.8, 4) is 5.88 Å². The number of hydrogen-bond acceptors (Lipinski definition) is 5. The number of nitrogens with two attached hydrogens (primary N) is 1. The van der Waals surface area contributed by atoms with E-state index in [-0.39, 0.29) is 6.10 Å². The smallest absolute Gasteiger partial charge is 0.257 e. The molecule has 0 radical (unpaired) electrons. The Balaban J connectivity index is 2.04. The fourth-order valence-corrected chi connectivity index (χ4v) is 1.19. The number of ether oxygens (including phenoxy) is 2. The van der Waals surface area contributed by atoms with Gasteiger partial charge in [-0.2, -0.15) is 0 Å². The lowest BCUT2D eigenvalue weighted by Gasteiger charge is -2.10. The van der Waals surface area contributed by atoms with E-state index < -0.39 is 0 Å². The van der Waals surface area contributed by atoms with Crippen molar-refractivity contribution in [1.82, 2.24) is 9.97 Å². The van der Waals surface area contributed by atoms with Crippen molar-refractivity contribution in [2.24, 2.45) is 0 Å². The first kappa shape index (κ1) is 8.25. The van der Waals surface area contributed by atoms with Crippen LogP contribution in [0.5, 0.6) is 5.88 Å². The van der Waals surface area contributed by atoms with Crippen LogP contribution >= 0.6 is 0 Å². The summed E-state index contributed by atoms with van der Waals surface area (Å²) in [6, 6.07) is 0. The quantitative estimate of drug-likeness (QED) is 0.707. The standard InChI is InChI=1S/C8H11N3O2/c9-7-8(11-3-2-10-7)13-6-1-4-12-5-6/h2-3,6H,1,4-5H2,(H2,9,10). The lowest BCUT2D eigenvalue weighted by atomic mass is 10.3. The molecular formula is C8H11N3O2. The lowest BCUT2D eigenvalue weighted by molar-refractivity contribution is 0.138. The molecule has 5 nitrogen and oxygen atoms in total. The van der Waals surface area contributed by atoms with Crippen LogP contribution in [0.4, 0.5) is 5.82 Å². The van der Waals surface area contributed by atoms with Gasteiger partial charge >= 0.3 is 0 Å². The van der Waals surface area contributed by atoms with Crippen LogP contribution in [0.1, 0.15) is 6.42 Å². The molecular weight excluding hydrogens is 170 g/mol. The molecule has 1 aromatic rings. The van der Waals surface area contributed by atoms with Crippen molar-refractivity contribution in [3.05, 3.63) is 12.4 Å². The Morgan fingerprint density at radius 1 is 1.46 bits per heavy atom. The minimum atomic E-state index is 0.0685. The Hall–Kier alpha value is -1.36. The normalized spacial score (nSPS) is 21.7. The molecule has 1 aromatic heterocycles. The Morgan fingerprint density at radius 3 is 3.00 bits per heavy atom. The molecule has 2 N–H and O–H groups in total. The number of rotatable bonds is 2. The van der Waals surface area contributed by atoms with Gasteiger partial charge in [0.25, 0.3) is 5.88 Å². The average molecular weight is 181 g/mol. The second-order valence-electron chi connectivity index (χ2n) is 2.85. The van der Waals surface area contributed by atoms with Gasteiger partial charge in [-0.05, 0) is 0 Å². The van der Waals surface area contributed by atoms with Crippen molar-refractivity contribution >= 4 is 5.82 Å². The third-order valence-electron chi connectivity index (χ3n) is 1.86. The van der Waals surface area contributed by atoms with Crippen molar-refractivity contribution in [1.29, 1.82) is 0 Å². The number of nitrogen functional groups attached to an aromatic ring is 1. The first-order chi connectivity index (χ1) is 6.36. The summed E-state index contributed by atoms with van der Waals surface area (Å²) in [5.74, 6) is 0.729. The summed E-state index contributed by atoms with van der Waals surface area (Å²) in [7, 11) is 0. The molecule has 2 rings (SSSR count). The molecule has 0 saturated carbocycles. The van der Waals surface area contributed by atoms with Gasteiger partial charge in [0.05, 0.1) is 13.2 Å². The van der Waals surface area contributed by atoms with Gasteiger partial charge in [-0.1, -0.05) is 0 Å². The van der Waals surface area contributed by atoms with E-state index in [9.17, 15) is 0 Å². The van der Waals surface area contributed by atoms with Gasteiger partial charge in [-0.3, -0.25) is 0 Å². The van der Waals surface area contributed by atoms with E-state index in [1.165, 1.54) is 6.20 Å². The maximum atomic E-state index is 5.56. The lowest BCUT2D eigenvalue weighted by Crippen LogP contribution is -2.17. The molecule has 2 heterocycles. The van der Waals surface area contributed by atoms with Gasteiger partial charge in [0.1, 0.15) is 6.10 Å². The second-order valence-corrected chi connectivity index (χ2v) is 2.85. The van der Waals surface area contributed by atoms with E-state index in [1.54, 1.807) is 6.20 Å². The molecule has 13 heavy (non-hydrogen) atoms. The van der Waals surface area contributed by atoms with Crippen LogP contribution in [-0.4, -0.2) is 29.3 Å². The molecule has 70 valence electrons. The first-order valence-electron chi connectivity index (χ1n) is 4.17. The highest BCUT2D eigenvalue weighted by atomic mass is 16.5. The summed E-state index contributed by atoms with van der Waals surface area (Å²) in [4.78, 5) is 7.85. The van der Waals surface area contributed by atoms with E-state index in [0.29, 0.717) is 18.3 Å². The number of anilines is 1. The molecule has 1 saturated heterocycles. The van der Waals surface area contributed by atoms with Crippen molar-refractivity contribution in [3.63, 3.8) is 0 Å². The minimum Gasteiger partial charge on any atom is -0.469 e. The maximum absolute atomic E-state index is 5.56. The van der Waals surface area contributed by atoms with E-state index in [1.807, 2.05) is 0 Å². The van der Waals surface area contributed by atoms with Crippen molar-refractivity contribution in [2.45, 2.75) is 12.5 Å². The summed E-state index contributed by atoms with van der Waals surface area (Å²) in [5.41, 5.74) is 5.56. The molecule has 1 aliphatic rings. The topological polar surface area (TPSA) is 70.3 Å². The zero-order valence-electron chi connectivity index (χ0n) is 7.14. The van der Waals surface area contributed by atoms with Crippen LogP contribution in [0, 0.1) is 0 Å². The Kier molecular flexibility index (Phi) is 2.27.